The minimum atomic E-state index is -0.441. The minimum Gasteiger partial charge on any atom is -0.408 e. The zero-order valence-electron chi connectivity index (χ0n) is 13.8. The van der Waals surface area contributed by atoms with Gasteiger partial charge >= 0.3 is 5.76 Å². The standard InChI is InChI=1S/C19H19N3O3/c23-18(12-14-4-2-1-3-5-14)22-10-8-21(9-11-22)15-6-7-16-17(13-15)25-19(24)20-16/h1-7,13H,8-12H2,(H,20,24). The summed E-state index contributed by atoms with van der Waals surface area (Å²) in [6.07, 6.45) is 0.446. The van der Waals surface area contributed by atoms with Crippen LogP contribution in [0.3, 0.4) is 0 Å². The summed E-state index contributed by atoms with van der Waals surface area (Å²) in [5, 5.41) is 0. The molecule has 1 N–H and O–H groups in total. The van der Waals surface area contributed by atoms with Crippen LogP contribution in [0.1, 0.15) is 5.56 Å². The first-order valence-corrected chi connectivity index (χ1v) is 8.38. The van der Waals surface area contributed by atoms with Gasteiger partial charge in [0.05, 0.1) is 11.9 Å². The van der Waals surface area contributed by atoms with Crippen molar-refractivity contribution in [2.24, 2.45) is 0 Å². The molecule has 1 saturated heterocycles. The number of piperazine rings is 1. The fourth-order valence-electron chi connectivity index (χ4n) is 3.23. The van der Waals surface area contributed by atoms with E-state index in [-0.39, 0.29) is 5.91 Å². The maximum absolute atomic E-state index is 12.4. The van der Waals surface area contributed by atoms with Crippen LogP contribution in [0.2, 0.25) is 0 Å². The number of aromatic nitrogens is 1. The molecule has 25 heavy (non-hydrogen) atoms. The van der Waals surface area contributed by atoms with Crippen molar-refractivity contribution in [1.82, 2.24) is 9.88 Å². The van der Waals surface area contributed by atoms with Crippen molar-refractivity contribution in [3.8, 4) is 0 Å². The Bertz CT molecular complexity index is 937. The van der Waals surface area contributed by atoms with Crippen LogP contribution in [-0.2, 0) is 11.2 Å². The summed E-state index contributed by atoms with van der Waals surface area (Å²) >= 11 is 0. The summed E-state index contributed by atoms with van der Waals surface area (Å²) in [7, 11) is 0. The van der Waals surface area contributed by atoms with Gasteiger partial charge in [-0.3, -0.25) is 9.78 Å². The first-order chi connectivity index (χ1) is 12.2. The molecule has 0 spiro atoms. The van der Waals surface area contributed by atoms with Crippen LogP contribution in [0.15, 0.2) is 57.7 Å². The van der Waals surface area contributed by atoms with Crippen molar-refractivity contribution in [3.05, 3.63) is 64.6 Å². The second kappa shape index (κ2) is 6.47. The van der Waals surface area contributed by atoms with E-state index >= 15 is 0 Å². The molecule has 2 heterocycles. The van der Waals surface area contributed by atoms with Gasteiger partial charge in [-0.05, 0) is 17.7 Å². The molecule has 1 aromatic heterocycles. The van der Waals surface area contributed by atoms with E-state index in [1.807, 2.05) is 53.4 Å². The summed E-state index contributed by atoms with van der Waals surface area (Å²) < 4.78 is 5.12. The van der Waals surface area contributed by atoms with Crippen LogP contribution in [0.25, 0.3) is 11.1 Å². The quantitative estimate of drug-likeness (QED) is 0.794. The molecule has 6 heteroatoms. The Morgan fingerprint density at radius 2 is 1.80 bits per heavy atom. The molecule has 1 fully saturated rings. The lowest BCUT2D eigenvalue weighted by atomic mass is 10.1. The van der Waals surface area contributed by atoms with Gasteiger partial charge in [-0.15, -0.1) is 0 Å². The number of nitrogens with zero attached hydrogens (tertiary/aromatic N) is 2. The van der Waals surface area contributed by atoms with E-state index in [1.54, 1.807) is 0 Å². The molecule has 1 amide bonds. The lowest BCUT2D eigenvalue weighted by Crippen LogP contribution is -2.49. The highest BCUT2D eigenvalue weighted by Crippen LogP contribution is 2.21. The van der Waals surface area contributed by atoms with Gasteiger partial charge in [-0.2, -0.15) is 0 Å². The van der Waals surface area contributed by atoms with Gasteiger partial charge < -0.3 is 14.2 Å². The van der Waals surface area contributed by atoms with E-state index in [2.05, 4.69) is 9.88 Å². The van der Waals surface area contributed by atoms with Gasteiger partial charge in [-0.25, -0.2) is 4.79 Å². The van der Waals surface area contributed by atoms with Crippen molar-refractivity contribution in [2.45, 2.75) is 6.42 Å². The summed E-state index contributed by atoms with van der Waals surface area (Å²) in [6, 6.07) is 15.5. The number of aromatic amines is 1. The molecule has 0 radical (unpaired) electrons. The number of H-pyrrole nitrogens is 1. The Morgan fingerprint density at radius 1 is 1.04 bits per heavy atom. The highest BCUT2D eigenvalue weighted by Gasteiger charge is 2.21. The van der Waals surface area contributed by atoms with Crippen LogP contribution in [0.5, 0.6) is 0 Å². The van der Waals surface area contributed by atoms with E-state index in [1.165, 1.54) is 0 Å². The Balaban J connectivity index is 1.40. The van der Waals surface area contributed by atoms with Gasteiger partial charge in [-0.1, -0.05) is 30.3 Å². The predicted molar refractivity (Wildman–Crippen MR) is 95.8 cm³/mol. The van der Waals surface area contributed by atoms with Crippen molar-refractivity contribution in [1.29, 1.82) is 0 Å². The summed E-state index contributed by atoms with van der Waals surface area (Å²) in [5.41, 5.74) is 3.31. The first-order valence-electron chi connectivity index (χ1n) is 8.38. The number of rotatable bonds is 3. The number of hydrogen-bond acceptors (Lipinski definition) is 4. The van der Waals surface area contributed by atoms with Crippen LogP contribution < -0.4 is 10.7 Å². The molecule has 0 atom stereocenters. The highest BCUT2D eigenvalue weighted by atomic mass is 16.4. The molecule has 4 rings (SSSR count). The van der Waals surface area contributed by atoms with Crippen LogP contribution in [0.4, 0.5) is 5.69 Å². The molecule has 1 aliphatic rings. The molecule has 3 aromatic rings. The number of fused-ring (bicyclic) bond motifs is 1. The first kappa shape index (κ1) is 15.5. The average Bonchev–Trinajstić information content (AvgIpc) is 3.02. The molecule has 0 bridgehead atoms. The predicted octanol–water partition coefficient (Wildman–Crippen LogP) is 2.01. The molecule has 0 aliphatic carbocycles. The number of anilines is 1. The Morgan fingerprint density at radius 3 is 2.56 bits per heavy atom. The SMILES string of the molecule is O=C(Cc1ccccc1)N1CCN(c2ccc3[nH]c(=O)oc3c2)CC1. The van der Waals surface area contributed by atoms with Crippen molar-refractivity contribution >= 4 is 22.7 Å². The molecular formula is C19H19N3O3. The van der Waals surface area contributed by atoms with E-state index < -0.39 is 5.76 Å². The maximum Gasteiger partial charge on any atom is 0.417 e. The van der Waals surface area contributed by atoms with Gasteiger partial charge in [0, 0.05) is 37.9 Å². The van der Waals surface area contributed by atoms with E-state index in [9.17, 15) is 9.59 Å². The zero-order valence-corrected chi connectivity index (χ0v) is 13.8. The third-order valence-corrected chi connectivity index (χ3v) is 4.60. The van der Waals surface area contributed by atoms with E-state index in [0.717, 1.165) is 24.3 Å². The zero-order chi connectivity index (χ0) is 17.2. The summed E-state index contributed by atoms with van der Waals surface area (Å²) in [4.78, 5) is 30.5. The number of amides is 1. The third-order valence-electron chi connectivity index (χ3n) is 4.60. The molecule has 128 valence electrons. The lowest BCUT2D eigenvalue weighted by molar-refractivity contribution is -0.130. The minimum absolute atomic E-state index is 0.165. The average molecular weight is 337 g/mol. The summed E-state index contributed by atoms with van der Waals surface area (Å²) in [5.74, 6) is -0.276. The normalized spacial score (nSPS) is 14.9. The number of hydrogen-bond donors (Lipinski definition) is 1. The maximum atomic E-state index is 12.4. The van der Waals surface area contributed by atoms with Gasteiger partial charge in [0.1, 0.15) is 0 Å². The fraction of sp³-hybridized carbons (Fsp3) is 0.263. The molecule has 2 aromatic carbocycles. The van der Waals surface area contributed by atoms with Crippen molar-refractivity contribution in [3.63, 3.8) is 0 Å². The largest absolute Gasteiger partial charge is 0.417 e. The van der Waals surface area contributed by atoms with Gasteiger partial charge in [0.25, 0.3) is 0 Å². The third kappa shape index (κ3) is 3.28. The van der Waals surface area contributed by atoms with Crippen LogP contribution in [0, 0.1) is 0 Å². The van der Waals surface area contributed by atoms with Crippen molar-refractivity contribution < 1.29 is 9.21 Å². The van der Waals surface area contributed by atoms with E-state index in [4.69, 9.17) is 4.42 Å². The highest BCUT2D eigenvalue weighted by molar-refractivity contribution is 5.79. The number of carbonyl (C=O) groups excluding carboxylic acids is 1. The van der Waals surface area contributed by atoms with Gasteiger partial charge in [0.2, 0.25) is 5.91 Å². The smallest absolute Gasteiger partial charge is 0.408 e. The number of benzene rings is 2. The lowest BCUT2D eigenvalue weighted by Gasteiger charge is -2.36. The number of oxazole rings is 1. The topological polar surface area (TPSA) is 69.6 Å². The second-order valence-corrected chi connectivity index (χ2v) is 6.23. The van der Waals surface area contributed by atoms with Crippen molar-refractivity contribution in [2.75, 3.05) is 31.1 Å². The second-order valence-electron chi connectivity index (χ2n) is 6.23. The Labute approximate surface area is 144 Å². The van der Waals surface area contributed by atoms with Crippen LogP contribution in [-0.4, -0.2) is 42.0 Å². The monoisotopic (exact) mass is 337 g/mol. The molecule has 0 unspecified atom stereocenters. The molecule has 6 nitrogen and oxygen atoms in total. The number of carbonyl (C=O) groups is 1. The fourth-order valence-corrected chi connectivity index (χ4v) is 3.23. The molecule has 1 aliphatic heterocycles. The number of nitrogens with one attached hydrogen (secondary N) is 1. The summed E-state index contributed by atoms with van der Waals surface area (Å²) in [6.45, 7) is 2.92. The molecule has 0 saturated carbocycles. The molecular weight excluding hydrogens is 318 g/mol. The van der Waals surface area contributed by atoms with E-state index in [0.29, 0.717) is 30.6 Å². The van der Waals surface area contributed by atoms with Crippen LogP contribution >= 0.6 is 0 Å². The Kier molecular flexibility index (Phi) is 4.01. The Hall–Kier alpha value is -3.02. The van der Waals surface area contributed by atoms with Gasteiger partial charge in [0.15, 0.2) is 5.58 Å².